The van der Waals surface area contributed by atoms with Crippen molar-refractivity contribution in [2.24, 2.45) is 5.73 Å². The lowest BCUT2D eigenvalue weighted by Gasteiger charge is -2.23. The van der Waals surface area contributed by atoms with E-state index in [1.807, 2.05) is 12.1 Å². The highest BCUT2D eigenvalue weighted by atomic mass is 35.5. The fourth-order valence-corrected chi connectivity index (χ4v) is 3.68. The third kappa shape index (κ3) is 3.01. The van der Waals surface area contributed by atoms with Crippen LogP contribution >= 0.6 is 11.6 Å². The van der Waals surface area contributed by atoms with E-state index in [1.54, 1.807) is 6.07 Å². The van der Waals surface area contributed by atoms with Crippen LogP contribution < -0.4 is 11.1 Å². The maximum Gasteiger partial charge on any atom is 0.267 e. The lowest BCUT2D eigenvalue weighted by molar-refractivity contribution is 0.0994. The minimum Gasteiger partial charge on any atom is -0.364 e. The van der Waals surface area contributed by atoms with E-state index in [1.165, 1.54) is 22.9 Å². The Bertz CT molecular complexity index is 926. The number of benzene rings is 1. The lowest BCUT2D eigenvalue weighted by Crippen LogP contribution is -2.28. The predicted octanol–water partition coefficient (Wildman–Crippen LogP) is 3.22. The molecule has 1 atom stereocenters. The van der Waals surface area contributed by atoms with Gasteiger partial charge in [0, 0.05) is 12.1 Å². The number of carbonyl (C=O) groups excluding carboxylic acids is 1. The van der Waals surface area contributed by atoms with Crippen LogP contribution in [0.1, 0.15) is 34.8 Å². The number of fused-ring (bicyclic) bond motifs is 1. The maximum atomic E-state index is 11.6. The largest absolute Gasteiger partial charge is 0.364 e. The minimum atomic E-state index is -0.549. The molecule has 1 amide bonds. The average molecular weight is 355 g/mol. The number of amides is 1. The molecule has 3 N–H and O–H groups in total. The topological polar surface area (TPSA) is 72.4 Å². The lowest BCUT2D eigenvalue weighted by atomic mass is 9.91. The van der Waals surface area contributed by atoms with Crippen molar-refractivity contribution in [2.75, 3.05) is 13.1 Å². The molecule has 0 bridgehead atoms. The number of hydrogen-bond donors (Lipinski definition) is 2. The van der Waals surface area contributed by atoms with Gasteiger partial charge in [-0.25, -0.2) is 4.52 Å². The summed E-state index contributed by atoms with van der Waals surface area (Å²) in [4.78, 5) is 11.6. The predicted molar refractivity (Wildman–Crippen MR) is 99.0 cm³/mol. The molecule has 25 heavy (non-hydrogen) atoms. The SMILES string of the molecule is NC(=O)c1cc(Cl)c2ccc(-c3ccc([C@@H]4CCCNC4)cc3)nn12. The van der Waals surface area contributed by atoms with E-state index in [4.69, 9.17) is 17.3 Å². The molecule has 3 heterocycles. The van der Waals surface area contributed by atoms with Crippen LogP contribution in [0.25, 0.3) is 16.8 Å². The van der Waals surface area contributed by atoms with E-state index in [-0.39, 0.29) is 5.69 Å². The summed E-state index contributed by atoms with van der Waals surface area (Å²) in [6.45, 7) is 2.15. The molecule has 128 valence electrons. The molecular formula is C19H19ClN4O. The monoisotopic (exact) mass is 354 g/mol. The van der Waals surface area contributed by atoms with Crippen LogP contribution in [0.4, 0.5) is 0 Å². The molecule has 0 spiro atoms. The van der Waals surface area contributed by atoms with Crippen LogP contribution in [0.15, 0.2) is 42.5 Å². The van der Waals surface area contributed by atoms with Gasteiger partial charge in [-0.1, -0.05) is 35.9 Å². The van der Waals surface area contributed by atoms with E-state index < -0.39 is 5.91 Å². The first kappa shape index (κ1) is 16.1. The van der Waals surface area contributed by atoms with Crippen LogP contribution in [0.2, 0.25) is 5.02 Å². The highest BCUT2D eigenvalue weighted by Gasteiger charge is 2.16. The molecule has 1 aliphatic heterocycles. The summed E-state index contributed by atoms with van der Waals surface area (Å²) >= 11 is 6.15. The zero-order valence-electron chi connectivity index (χ0n) is 13.7. The fraction of sp³-hybridized carbons (Fsp3) is 0.263. The molecule has 0 aliphatic carbocycles. The number of primary amides is 1. The summed E-state index contributed by atoms with van der Waals surface area (Å²) < 4.78 is 1.51. The van der Waals surface area contributed by atoms with Gasteiger partial charge in [0.25, 0.3) is 5.91 Å². The number of rotatable bonds is 3. The van der Waals surface area contributed by atoms with E-state index in [9.17, 15) is 4.79 Å². The number of halogens is 1. The molecule has 4 rings (SSSR count). The second-order valence-electron chi connectivity index (χ2n) is 6.42. The first-order valence-electron chi connectivity index (χ1n) is 8.42. The van der Waals surface area contributed by atoms with Gasteiger partial charge in [-0.2, -0.15) is 5.10 Å². The van der Waals surface area contributed by atoms with Crippen molar-refractivity contribution in [3.63, 3.8) is 0 Å². The van der Waals surface area contributed by atoms with Crippen LogP contribution in [0, 0.1) is 0 Å². The summed E-state index contributed by atoms with van der Waals surface area (Å²) in [7, 11) is 0. The molecule has 6 heteroatoms. The Labute approximate surface area is 150 Å². The Hall–Kier alpha value is -2.37. The zero-order chi connectivity index (χ0) is 17.4. The van der Waals surface area contributed by atoms with Gasteiger partial charge in [-0.15, -0.1) is 0 Å². The van der Waals surface area contributed by atoms with Crippen molar-refractivity contribution < 1.29 is 4.79 Å². The summed E-state index contributed by atoms with van der Waals surface area (Å²) in [5.41, 5.74) is 9.49. The zero-order valence-corrected chi connectivity index (χ0v) is 14.5. The first-order valence-corrected chi connectivity index (χ1v) is 8.80. The van der Waals surface area contributed by atoms with Crippen molar-refractivity contribution in [2.45, 2.75) is 18.8 Å². The third-order valence-electron chi connectivity index (χ3n) is 4.80. The van der Waals surface area contributed by atoms with E-state index in [0.29, 0.717) is 16.5 Å². The van der Waals surface area contributed by atoms with Crippen LogP contribution in [0.3, 0.4) is 0 Å². The molecule has 5 nitrogen and oxygen atoms in total. The standard InChI is InChI=1S/C19H19ClN4O/c20-15-10-18(19(21)25)24-17(15)8-7-16(23-24)13-5-3-12(4-6-13)14-2-1-9-22-11-14/h3-8,10,14,22H,1-2,9,11H2,(H2,21,25)/t14-/m1/s1. The van der Waals surface area contributed by atoms with Crippen molar-refractivity contribution in [3.8, 4) is 11.3 Å². The highest BCUT2D eigenvalue weighted by Crippen LogP contribution is 2.27. The van der Waals surface area contributed by atoms with Crippen LogP contribution in [0.5, 0.6) is 0 Å². The molecule has 2 aromatic heterocycles. The smallest absolute Gasteiger partial charge is 0.267 e. The Morgan fingerprint density at radius 1 is 1.24 bits per heavy atom. The van der Waals surface area contributed by atoms with Gasteiger partial charge in [0.05, 0.1) is 16.2 Å². The second-order valence-corrected chi connectivity index (χ2v) is 6.83. The molecule has 1 saturated heterocycles. The number of nitrogens with zero attached hydrogens (tertiary/aromatic N) is 2. The number of hydrogen-bond acceptors (Lipinski definition) is 3. The van der Waals surface area contributed by atoms with Gasteiger partial charge < -0.3 is 11.1 Å². The number of piperidine rings is 1. The van der Waals surface area contributed by atoms with Crippen LogP contribution in [-0.2, 0) is 0 Å². The molecule has 1 fully saturated rings. The molecule has 0 saturated carbocycles. The second kappa shape index (κ2) is 6.50. The summed E-state index contributed by atoms with van der Waals surface area (Å²) in [5, 5.41) is 8.46. The normalized spacial score (nSPS) is 17.7. The van der Waals surface area contributed by atoms with Crippen molar-refractivity contribution in [1.82, 2.24) is 14.9 Å². The maximum absolute atomic E-state index is 11.6. The number of carbonyl (C=O) groups is 1. The first-order chi connectivity index (χ1) is 12.1. The van der Waals surface area contributed by atoms with E-state index in [2.05, 4.69) is 34.7 Å². The minimum absolute atomic E-state index is 0.284. The molecule has 3 aromatic rings. The fourth-order valence-electron chi connectivity index (χ4n) is 3.43. The van der Waals surface area contributed by atoms with Crippen molar-refractivity contribution in [3.05, 3.63) is 58.7 Å². The van der Waals surface area contributed by atoms with E-state index >= 15 is 0 Å². The average Bonchev–Trinajstić information content (AvgIpc) is 2.99. The van der Waals surface area contributed by atoms with Gasteiger partial charge in [0.2, 0.25) is 0 Å². The summed E-state index contributed by atoms with van der Waals surface area (Å²) in [5.74, 6) is 0.0228. The number of nitrogens with two attached hydrogens (primary N) is 1. The summed E-state index contributed by atoms with van der Waals surface area (Å²) in [6, 6.07) is 13.8. The van der Waals surface area contributed by atoms with Crippen molar-refractivity contribution in [1.29, 1.82) is 0 Å². The molecule has 1 aromatic carbocycles. The Kier molecular flexibility index (Phi) is 4.19. The molecule has 1 aliphatic rings. The van der Waals surface area contributed by atoms with Crippen LogP contribution in [-0.4, -0.2) is 28.6 Å². The number of nitrogens with one attached hydrogen (secondary N) is 1. The summed E-state index contributed by atoms with van der Waals surface area (Å²) in [6.07, 6.45) is 2.44. The molecule has 0 unspecified atom stereocenters. The third-order valence-corrected chi connectivity index (χ3v) is 5.10. The van der Waals surface area contributed by atoms with Crippen molar-refractivity contribution >= 4 is 23.0 Å². The Morgan fingerprint density at radius 3 is 2.72 bits per heavy atom. The van der Waals surface area contributed by atoms with Gasteiger partial charge >= 0.3 is 0 Å². The van der Waals surface area contributed by atoms with Gasteiger partial charge in [-0.3, -0.25) is 4.79 Å². The van der Waals surface area contributed by atoms with E-state index in [0.717, 1.165) is 24.3 Å². The number of aromatic nitrogens is 2. The van der Waals surface area contributed by atoms with Gasteiger partial charge in [0.15, 0.2) is 0 Å². The van der Waals surface area contributed by atoms with Gasteiger partial charge in [0.1, 0.15) is 5.69 Å². The highest BCUT2D eigenvalue weighted by molar-refractivity contribution is 6.34. The van der Waals surface area contributed by atoms with Gasteiger partial charge in [-0.05, 0) is 49.1 Å². The Balaban J connectivity index is 1.69. The molecular weight excluding hydrogens is 336 g/mol. The molecule has 0 radical (unpaired) electrons. The quantitative estimate of drug-likeness (QED) is 0.758. The Morgan fingerprint density at radius 2 is 2.04 bits per heavy atom.